The minimum absolute atomic E-state index is 0.197. The smallest absolute Gasteiger partial charge is 0.261 e. The number of carbonyl (C=O) groups excluding carboxylic acids is 1. The lowest BCUT2D eigenvalue weighted by Gasteiger charge is -2.18. The Morgan fingerprint density at radius 2 is 1.67 bits per heavy atom. The van der Waals surface area contributed by atoms with Crippen molar-refractivity contribution in [2.24, 2.45) is 0 Å². The van der Waals surface area contributed by atoms with E-state index in [0.29, 0.717) is 24.5 Å². The molecule has 1 unspecified atom stereocenters. The Bertz CT molecular complexity index is 956. The van der Waals surface area contributed by atoms with E-state index in [9.17, 15) is 13.2 Å². The molecule has 8 heteroatoms. The van der Waals surface area contributed by atoms with E-state index in [-0.39, 0.29) is 17.4 Å². The number of rotatable bonds is 10. The second kappa shape index (κ2) is 10.4. The molecule has 1 atom stereocenters. The molecule has 2 aromatic rings. The fourth-order valence-corrected chi connectivity index (χ4v) is 3.55. The molecule has 0 heterocycles. The van der Waals surface area contributed by atoms with Crippen LogP contribution >= 0.6 is 0 Å². The molecule has 0 aliphatic rings. The van der Waals surface area contributed by atoms with E-state index < -0.39 is 16.1 Å². The normalized spacial score (nSPS) is 12.5. The van der Waals surface area contributed by atoms with E-state index in [1.54, 1.807) is 12.1 Å². The van der Waals surface area contributed by atoms with Gasteiger partial charge < -0.3 is 14.8 Å². The summed E-state index contributed by atoms with van der Waals surface area (Å²) >= 11 is 0. The first-order valence-electron chi connectivity index (χ1n) is 9.82. The summed E-state index contributed by atoms with van der Waals surface area (Å²) in [5.41, 5.74) is 2.28. The molecule has 2 rings (SSSR count). The number of ether oxygens (including phenoxy) is 2. The Balaban J connectivity index is 1.82. The summed E-state index contributed by atoms with van der Waals surface area (Å²) < 4.78 is 36.7. The van der Waals surface area contributed by atoms with Crippen molar-refractivity contribution >= 4 is 15.9 Å². The van der Waals surface area contributed by atoms with Crippen LogP contribution in [-0.2, 0) is 14.8 Å². The van der Waals surface area contributed by atoms with Crippen LogP contribution in [-0.4, -0.2) is 52.0 Å². The van der Waals surface area contributed by atoms with E-state index in [1.165, 1.54) is 31.8 Å². The maximum absolute atomic E-state index is 12.4. The van der Waals surface area contributed by atoms with Gasteiger partial charge in [0.05, 0.1) is 11.4 Å². The van der Waals surface area contributed by atoms with Gasteiger partial charge in [-0.2, -0.15) is 0 Å². The van der Waals surface area contributed by atoms with E-state index in [2.05, 4.69) is 5.32 Å². The number of nitrogens with one attached hydrogen (secondary N) is 1. The molecule has 0 aliphatic heterocycles. The zero-order chi connectivity index (χ0) is 22.3. The Hall–Kier alpha value is -2.58. The summed E-state index contributed by atoms with van der Waals surface area (Å²) in [6.07, 6.45) is -0.0378. The summed E-state index contributed by atoms with van der Waals surface area (Å²) in [6.45, 7) is 6.49. The summed E-state index contributed by atoms with van der Waals surface area (Å²) in [4.78, 5) is 12.6. The second-order valence-electron chi connectivity index (χ2n) is 7.16. The van der Waals surface area contributed by atoms with Crippen LogP contribution in [0.4, 0.5) is 0 Å². The van der Waals surface area contributed by atoms with Gasteiger partial charge in [-0.15, -0.1) is 0 Å². The second-order valence-corrected chi connectivity index (χ2v) is 9.31. The number of hydrogen-bond donors (Lipinski definition) is 1. The summed E-state index contributed by atoms with van der Waals surface area (Å²) in [5, 5.41) is 2.81. The number of hydrogen-bond acceptors (Lipinski definition) is 5. The van der Waals surface area contributed by atoms with Gasteiger partial charge in [-0.05, 0) is 67.8 Å². The van der Waals surface area contributed by atoms with Crippen molar-refractivity contribution in [2.75, 3.05) is 27.2 Å². The molecule has 2 aromatic carbocycles. The molecule has 0 bridgehead atoms. The molecular formula is C22H30N2O5S. The van der Waals surface area contributed by atoms with Crippen molar-refractivity contribution in [3.8, 4) is 11.5 Å². The minimum Gasteiger partial charge on any atom is -0.492 e. The lowest BCUT2D eigenvalue weighted by molar-refractivity contribution is -0.128. The Morgan fingerprint density at radius 3 is 2.23 bits per heavy atom. The van der Waals surface area contributed by atoms with Crippen LogP contribution in [0.15, 0.2) is 47.4 Å². The third-order valence-electron chi connectivity index (χ3n) is 4.69. The average molecular weight is 435 g/mol. The number of sulfonamides is 1. The van der Waals surface area contributed by atoms with Gasteiger partial charge in [-0.25, -0.2) is 12.7 Å². The third-order valence-corrected chi connectivity index (χ3v) is 6.52. The lowest BCUT2D eigenvalue weighted by Crippen LogP contribution is -2.39. The zero-order valence-corrected chi connectivity index (χ0v) is 19.0. The molecular weight excluding hydrogens is 404 g/mol. The first-order valence-corrected chi connectivity index (χ1v) is 11.3. The third kappa shape index (κ3) is 6.21. The highest BCUT2D eigenvalue weighted by molar-refractivity contribution is 7.89. The molecule has 1 N–H and O–H groups in total. The molecule has 1 amide bonds. The summed E-state index contributed by atoms with van der Waals surface area (Å²) in [7, 11) is -0.503. The maximum Gasteiger partial charge on any atom is 0.261 e. The molecule has 0 fully saturated rings. The van der Waals surface area contributed by atoms with Crippen molar-refractivity contribution in [1.82, 2.24) is 9.62 Å². The fraction of sp³-hybridized carbons (Fsp3) is 0.409. The Kier molecular flexibility index (Phi) is 8.25. The van der Waals surface area contributed by atoms with E-state index in [1.807, 2.05) is 39.0 Å². The average Bonchev–Trinajstić information content (AvgIpc) is 2.72. The van der Waals surface area contributed by atoms with Crippen LogP contribution in [0.5, 0.6) is 11.5 Å². The van der Waals surface area contributed by atoms with Gasteiger partial charge in [0.25, 0.3) is 5.91 Å². The van der Waals surface area contributed by atoms with Crippen LogP contribution in [0.1, 0.15) is 24.5 Å². The van der Waals surface area contributed by atoms with Gasteiger partial charge in [0.1, 0.15) is 18.1 Å². The first-order chi connectivity index (χ1) is 14.1. The van der Waals surface area contributed by atoms with Gasteiger partial charge in [0.2, 0.25) is 10.0 Å². The first kappa shape index (κ1) is 23.7. The number of benzene rings is 2. The zero-order valence-electron chi connectivity index (χ0n) is 18.1. The number of nitrogens with zero attached hydrogens (tertiary/aromatic N) is 1. The highest BCUT2D eigenvalue weighted by Crippen LogP contribution is 2.19. The van der Waals surface area contributed by atoms with E-state index in [0.717, 1.165) is 9.87 Å². The van der Waals surface area contributed by atoms with Crippen LogP contribution in [0.3, 0.4) is 0 Å². The van der Waals surface area contributed by atoms with Crippen LogP contribution in [0.2, 0.25) is 0 Å². The van der Waals surface area contributed by atoms with Crippen molar-refractivity contribution in [3.63, 3.8) is 0 Å². The fourth-order valence-electron chi connectivity index (χ4n) is 2.65. The van der Waals surface area contributed by atoms with Crippen molar-refractivity contribution in [1.29, 1.82) is 0 Å². The molecule has 0 aromatic heterocycles. The van der Waals surface area contributed by atoms with Crippen molar-refractivity contribution in [3.05, 3.63) is 53.6 Å². The number of aryl methyl sites for hydroxylation is 2. The summed E-state index contributed by atoms with van der Waals surface area (Å²) in [5.74, 6) is 0.997. The number of carbonyl (C=O) groups is 1. The van der Waals surface area contributed by atoms with E-state index in [4.69, 9.17) is 9.47 Å². The Morgan fingerprint density at radius 1 is 1.03 bits per heavy atom. The van der Waals surface area contributed by atoms with Crippen molar-refractivity contribution < 1.29 is 22.7 Å². The van der Waals surface area contributed by atoms with Gasteiger partial charge >= 0.3 is 0 Å². The van der Waals surface area contributed by atoms with E-state index >= 15 is 0 Å². The lowest BCUT2D eigenvalue weighted by atomic mass is 10.1. The van der Waals surface area contributed by atoms with Gasteiger partial charge in [-0.1, -0.05) is 13.0 Å². The van der Waals surface area contributed by atoms with Crippen LogP contribution in [0.25, 0.3) is 0 Å². The standard InChI is InChI=1S/C22H30N2O5S/c1-6-21(29-19-8-7-16(2)17(3)15-19)22(25)23-13-14-28-18-9-11-20(12-10-18)30(26,27)24(4)5/h7-12,15,21H,6,13-14H2,1-5H3,(H,23,25). The molecule has 0 saturated heterocycles. The SMILES string of the molecule is CCC(Oc1ccc(C)c(C)c1)C(=O)NCCOc1ccc(S(=O)(=O)N(C)C)cc1. The number of amides is 1. The molecule has 0 spiro atoms. The van der Waals surface area contributed by atoms with Gasteiger partial charge in [0.15, 0.2) is 6.10 Å². The molecule has 7 nitrogen and oxygen atoms in total. The highest BCUT2D eigenvalue weighted by atomic mass is 32.2. The highest BCUT2D eigenvalue weighted by Gasteiger charge is 2.19. The Labute approximate surface area is 179 Å². The predicted octanol–water partition coefficient (Wildman–Crippen LogP) is 2.91. The quantitative estimate of drug-likeness (QED) is 0.581. The predicted molar refractivity (Wildman–Crippen MR) is 116 cm³/mol. The molecule has 0 saturated carbocycles. The van der Waals surface area contributed by atoms with Gasteiger partial charge in [-0.3, -0.25) is 4.79 Å². The molecule has 0 aliphatic carbocycles. The van der Waals surface area contributed by atoms with Gasteiger partial charge in [0, 0.05) is 14.1 Å². The largest absolute Gasteiger partial charge is 0.492 e. The minimum atomic E-state index is -3.47. The molecule has 0 radical (unpaired) electrons. The monoisotopic (exact) mass is 434 g/mol. The maximum atomic E-state index is 12.4. The van der Waals surface area contributed by atoms with Crippen LogP contribution < -0.4 is 14.8 Å². The van der Waals surface area contributed by atoms with Crippen molar-refractivity contribution in [2.45, 2.75) is 38.2 Å². The molecule has 30 heavy (non-hydrogen) atoms. The topological polar surface area (TPSA) is 84.9 Å². The van der Waals surface area contributed by atoms with Crippen LogP contribution in [0, 0.1) is 13.8 Å². The summed E-state index contributed by atoms with van der Waals surface area (Å²) in [6, 6.07) is 11.9. The molecule has 164 valence electrons.